The molecule has 0 spiro atoms. The second kappa shape index (κ2) is 6.39. The van der Waals surface area contributed by atoms with E-state index in [1.165, 1.54) is 0 Å². The molecule has 1 fully saturated rings. The number of fused-ring (bicyclic) bond motifs is 1. The van der Waals surface area contributed by atoms with E-state index >= 15 is 0 Å². The molecule has 0 aromatic heterocycles. The van der Waals surface area contributed by atoms with E-state index in [4.69, 9.17) is 5.73 Å². The summed E-state index contributed by atoms with van der Waals surface area (Å²) in [5, 5.41) is 2.77. The summed E-state index contributed by atoms with van der Waals surface area (Å²) in [6.45, 7) is 0.703. The van der Waals surface area contributed by atoms with E-state index in [0.29, 0.717) is 19.0 Å². The lowest BCUT2D eigenvalue weighted by atomic mass is 10.1. The lowest BCUT2D eigenvalue weighted by Crippen LogP contribution is -2.44. The van der Waals surface area contributed by atoms with Crippen molar-refractivity contribution in [3.05, 3.63) is 23.9 Å². The zero-order valence-corrected chi connectivity index (χ0v) is 13.6. The molecule has 2 heterocycles. The number of nitrogens with zero attached hydrogens (tertiary/aromatic N) is 2. The first kappa shape index (κ1) is 17.0. The Kier molecular flexibility index (Phi) is 4.93. The van der Waals surface area contributed by atoms with Gasteiger partial charge in [-0.3, -0.25) is 4.79 Å². The molecule has 1 atom stereocenters. The average Bonchev–Trinajstić information content (AvgIpc) is 3.27. The molecular weight excluding hydrogens is 328 g/mol. The fraction of sp³-hybridized carbons (Fsp3) is 0.538. The van der Waals surface area contributed by atoms with Gasteiger partial charge in [-0.05, 0) is 30.9 Å². The van der Waals surface area contributed by atoms with E-state index < -0.39 is 10.0 Å². The molecule has 1 aliphatic carbocycles. The van der Waals surface area contributed by atoms with Crippen molar-refractivity contribution in [1.82, 2.24) is 10.2 Å². The lowest BCUT2D eigenvalue weighted by molar-refractivity contribution is -0.117. The van der Waals surface area contributed by atoms with Gasteiger partial charge in [0.2, 0.25) is 0 Å². The van der Waals surface area contributed by atoms with Crippen LogP contribution in [0.15, 0.2) is 28.3 Å². The highest BCUT2D eigenvalue weighted by molar-refractivity contribution is 7.90. The van der Waals surface area contributed by atoms with E-state index in [0.717, 1.165) is 12.8 Å². The van der Waals surface area contributed by atoms with Crippen molar-refractivity contribution in [1.29, 1.82) is 0 Å². The molecule has 2 aliphatic heterocycles. The summed E-state index contributed by atoms with van der Waals surface area (Å²) in [6, 6.07) is -0.0400. The zero-order chi connectivity index (χ0) is 15.0. The lowest BCUT2D eigenvalue weighted by Gasteiger charge is -2.28. The third-order valence-electron chi connectivity index (χ3n) is 3.83. The largest absolute Gasteiger partial charge is 0.350 e. The number of hydrogen-bond acceptors (Lipinski definition) is 5. The number of carbonyl (C=O) groups is 1. The summed E-state index contributed by atoms with van der Waals surface area (Å²) < 4.78 is 27.0. The Morgan fingerprint density at radius 2 is 2.23 bits per heavy atom. The predicted molar refractivity (Wildman–Crippen MR) is 86.1 cm³/mol. The summed E-state index contributed by atoms with van der Waals surface area (Å²) in [7, 11) is -3.49. The van der Waals surface area contributed by atoms with Gasteiger partial charge in [0.05, 0.1) is 11.3 Å². The average molecular weight is 347 g/mol. The molecule has 3 aliphatic rings. The van der Waals surface area contributed by atoms with Crippen molar-refractivity contribution >= 4 is 34.2 Å². The first-order chi connectivity index (χ1) is 9.96. The first-order valence-electron chi connectivity index (χ1n) is 6.98. The van der Waals surface area contributed by atoms with Crippen molar-refractivity contribution in [3.8, 4) is 0 Å². The minimum absolute atomic E-state index is 0. The smallest absolute Gasteiger partial charge is 0.256 e. The summed E-state index contributed by atoms with van der Waals surface area (Å²) in [6.07, 6.45) is 7.24. The van der Waals surface area contributed by atoms with Crippen molar-refractivity contribution in [2.24, 2.45) is 16.0 Å². The molecular formula is C13H19ClN4O3S. The molecule has 22 heavy (non-hydrogen) atoms. The van der Waals surface area contributed by atoms with Crippen molar-refractivity contribution < 1.29 is 13.2 Å². The van der Waals surface area contributed by atoms with Gasteiger partial charge in [0.25, 0.3) is 15.9 Å². The molecule has 3 N–H and O–H groups in total. The maximum atomic E-state index is 12.2. The summed E-state index contributed by atoms with van der Waals surface area (Å²) in [4.78, 5) is 13.9. The summed E-state index contributed by atoms with van der Waals surface area (Å²) in [5.41, 5.74) is 6.21. The van der Waals surface area contributed by atoms with Gasteiger partial charge in [-0.25, -0.2) is 8.42 Å². The Bertz CT molecular complexity index is 652. The highest BCUT2D eigenvalue weighted by Crippen LogP contribution is 2.31. The van der Waals surface area contributed by atoms with Crippen LogP contribution in [0.1, 0.15) is 12.8 Å². The first-order valence-corrected chi connectivity index (χ1v) is 8.59. The SMILES string of the molecule is Cl.NC(CNC(=O)C1=CC=CN2CCS(=O)(=O)N=C12)C1CC1. The van der Waals surface area contributed by atoms with Crippen LogP contribution in [0.4, 0.5) is 0 Å². The van der Waals surface area contributed by atoms with Crippen LogP contribution in [0, 0.1) is 5.92 Å². The molecule has 7 nitrogen and oxygen atoms in total. The standard InChI is InChI=1S/C13H18N4O3S.ClH/c14-11(9-3-4-9)8-15-13(18)10-2-1-5-17-6-7-21(19,20)16-12(10)17;/h1-2,5,9,11H,3-4,6-8,14H2,(H,15,18);1H. The highest BCUT2D eigenvalue weighted by atomic mass is 35.5. The molecule has 122 valence electrons. The maximum Gasteiger partial charge on any atom is 0.256 e. The molecule has 3 rings (SSSR count). The Morgan fingerprint density at radius 1 is 1.50 bits per heavy atom. The summed E-state index contributed by atoms with van der Waals surface area (Å²) in [5.74, 6) is 0.314. The molecule has 1 saturated carbocycles. The minimum atomic E-state index is -3.49. The monoisotopic (exact) mass is 346 g/mol. The van der Waals surface area contributed by atoms with E-state index in [-0.39, 0.29) is 41.5 Å². The number of sulfonamides is 1. The fourth-order valence-electron chi connectivity index (χ4n) is 2.39. The van der Waals surface area contributed by atoms with Crippen molar-refractivity contribution in [2.75, 3.05) is 18.8 Å². The quantitative estimate of drug-likeness (QED) is 0.731. The number of halogens is 1. The van der Waals surface area contributed by atoms with Gasteiger partial charge < -0.3 is 16.0 Å². The minimum Gasteiger partial charge on any atom is -0.350 e. The second-order valence-corrected chi connectivity index (χ2v) is 7.28. The molecule has 1 unspecified atom stereocenters. The second-order valence-electron chi connectivity index (χ2n) is 5.53. The van der Waals surface area contributed by atoms with Crippen LogP contribution in [0.2, 0.25) is 0 Å². The number of rotatable bonds is 4. The van der Waals surface area contributed by atoms with Gasteiger partial charge in [0.15, 0.2) is 5.84 Å². The molecule has 0 aromatic rings. The number of carbonyl (C=O) groups excluding carboxylic acids is 1. The van der Waals surface area contributed by atoms with Crippen LogP contribution in [0.25, 0.3) is 0 Å². The Balaban J connectivity index is 0.00000176. The van der Waals surface area contributed by atoms with E-state index in [9.17, 15) is 13.2 Å². The van der Waals surface area contributed by atoms with E-state index in [2.05, 4.69) is 9.71 Å². The van der Waals surface area contributed by atoms with E-state index in [1.807, 2.05) is 0 Å². The highest BCUT2D eigenvalue weighted by Gasteiger charge is 2.31. The number of hydrogen-bond donors (Lipinski definition) is 2. The Morgan fingerprint density at radius 3 is 2.91 bits per heavy atom. The zero-order valence-electron chi connectivity index (χ0n) is 11.9. The van der Waals surface area contributed by atoms with Gasteiger partial charge >= 0.3 is 0 Å². The maximum absolute atomic E-state index is 12.2. The van der Waals surface area contributed by atoms with Crippen molar-refractivity contribution in [3.63, 3.8) is 0 Å². The number of amidine groups is 1. The molecule has 0 bridgehead atoms. The van der Waals surface area contributed by atoms with Crippen LogP contribution < -0.4 is 11.1 Å². The normalized spacial score (nSPS) is 23.6. The van der Waals surface area contributed by atoms with Crippen LogP contribution in [-0.2, 0) is 14.8 Å². The van der Waals surface area contributed by atoms with Crippen LogP contribution in [-0.4, -0.2) is 49.9 Å². The van der Waals surface area contributed by atoms with Gasteiger partial charge in [-0.1, -0.05) is 0 Å². The third-order valence-corrected chi connectivity index (χ3v) is 4.98. The number of nitrogens with one attached hydrogen (secondary N) is 1. The van der Waals surface area contributed by atoms with E-state index in [1.54, 1.807) is 23.3 Å². The van der Waals surface area contributed by atoms with Crippen LogP contribution in [0.5, 0.6) is 0 Å². The summed E-state index contributed by atoms with van der Waals surface area (Å²) >= 11 is 0. The molecule has 1 amide bonds. The predicted octanol–water partition coefficient (Wildman–Crippen LogP) is -0.241. The number of allylic oxidation sites excluding steroid dienone is 2. The Hall–Kier alpha value is -1.38. The number of nitrogens with two attached hydrogens (primary N) is 1. The van der Waals surface area contributed by atoms with Crippen LogP contribution in [0.3, 0.4) is 0 Å². The van der Waals surface area contributed by atoms with Gasteiger partial charge in [-0.2, -0.15) is 0 Å². The topological polar surface area (TPSA) is 105 Å². The van der Waals surface area contributed by atoms with Crippen LogP contribution >= 0.6 is 12.4 Å². The molecule has 0 aromatic carbocycles. The molecule has 9 heteroatoms. The van der Waals surface area contributed by atoms with Gasteiger partial charge in [-0.15, -0.1) is 16.8 Å². The molecule has 0 saturated heterocycles. The Labute approximate surface area is 135 Å². The van der Waals surface area contributed by atoms with Crippen molar-refractivity contribution in [2.45, 2.75) is 18.9 Å². The number of amides is 1. The fourth-order valence-corrected chi connectivity index (χ4v) is 3.38. The molecule has 0 radical (unpaired) electrons. The third kappa shape index (κ3) is 3.68. The van der Waals surface area contributed by atoms with Gasteiger partial charge in [0.1, 0.15) is 0 Å². The van der Waals surface area contributed by atoms with Gasteiger partial charge in [0, 0.05) is 25.3 Å².